The van der Waals surface area contributed by atoms with Crippen molar-refractivity contribution in [1.82, 2.24) is 19.2 Å². The Morgan fingerprint density at radius 1 is 0.800 bits per heavy atom. The van der Waals surface area contributed by atoms with Gasteiger partial charge >= 0.3 is 5.69 Å². The van der Waals surface area contributed by atoms with Crippen molar-refractivity contribution in [3.63, 3.8) is 0 Å². The minimum absolute atomic E-state index is 0.248. The van der Waals surface area contributed by atoms with Crippen LogP contribution in [-0.4, -0.2) is 19.2 Å². The highest BCUT2D eigenvalue weighted by atomic mass is 35.5. The fraction of sp³-hybridized carbons (Fsp3) is 0.0357. The van der Waals surface area contributed by atoms with Gasteiger partial charge in [-0.15, -0.1) is 5.10 Å². The van der Waals surface area contributed by atoms with Gasteiger partial charge in [0.25, 0.3) is 0 Å². The number of nitrogens with zero attached hydrogens (tertiary/aromatic N) is 4. The molecule has 7 heteroatoms. The van der Waals surface area contributed by atoms with Gasteiger partial charge in [0, 0.05) is 16.1 Å². The highest BCUT2D eigenvalue weighted by Crippen LogP contribution is 2.33. The second kappa shape index (κ2) is 8.74. The molecule has 0 aliphatic carbocycles. The van der Waals surface area contributed by atoms with E-state index in [1.165, 1.54) is 15.4 Å². The van der Waals surface area contributed by atoms with Crippen molar-refractivity contribution >= 4 is 17.2 Å². The third-order valence-electron chi connectivity index (χ3n) is 5.91. The Bertz CT molecular complexity index is 1670. The predicted molar refractivity (Wildman–Crippen MR) is 136 cm³/mol. The molecular formula is C28H19ClN4O2. The number of hydrogen-bond donors (Lipinski definition) is 0. The van der Waals surface area contributed by atoms with Crippen LogP contribution in [0.2, 0.25) is 5.02 Å². The van der Waals surface area contributed by atoms with E-state index in [4.69, 9.17) is 21.1 Å². The van der Waals surface area contributed by atoms with Crippen LogP contribution in [0.3, 0.4) is 0 Å². The molecule has 0 aliphatic rings. The summed E-state index contributed by atoms with van der Waals surface area (Å²) in [4.78, 5) is 17.9. The average Bonchev–Trinajstić information content (AvgIpc) is 3.54. The molecule has 0 atom stereocenters. The summed E-state index contributed by atoms with van der Waals surface area (Å²) in [6.07, 6.45) is 3.19. The van der Waals surface area contributed by atoms with Crippen molar-refractivity contribution in [3.05, 3.63) is 125 Å². The zero-order chi connectivity index (χ0) is 23.8. The van der Waals surface area contributed by atoms with Crippen molar-refractivity contribution in [2.45, 2.75) is 6.54 Å². The van der Waals surface area contributed by atoms with E-state index >= 15 is 0 Å². The molecule has 0 N–H and O–H groups in total. The van der Waals surface area contributed by atoms with Crippen LogP contribution >= 0.6 is 11.6 Å². The molecule has 0 aliphatic heterocycles. The molecule has 3 aromatic heterocycles. The fourth-order valence-electron chi connectivity index (χ4n) is 4.17. The lowest BCUT2D eigenvalue weighted by molar-refractivity contribution is 0.582. The molecule has 0 saturated carbocycles. The first-order valence-corrected chi connectivity index (χ1v) is 11.5. The number of hydrogen-bond acceptors (Lipinski definition) is 4. The molecule has 6 aromatic rings. The molecular weight excluding hydrogens is 460 g/mol. The van der Waals surface area contributed by atoms with Crippen LogP contribution in [0, 0.1) is 0 Å². The summed E-state index contributed by atoms with van der Waals surface area (Å²) < 4.78 is 8.43. The minimum Gasteiger partial charge on any atom is -0.464 e. The number of rotatable bonds is 5. The first-order chi connectivity index (χ1) is 17.2. The van der Waals surface area contributed by atoms with Gasteiger partial charge in [-0.1, -0.05) is 78.3 Å². The highest BCUT2D eigenvalue weighted by Gasteiger charge is 2.19. The van der Waals surface area contributed by atoms with E-state index in [0.717, 1.165) is 39.3 Å². The van der Waals surface area contributed by atoms with Gasteiger partial charge in [-0.3, -0.25) is 0 Å². The van der Waals surface area contributed by atoms with E-state index in [2.05, 4.69) is 4.98 Å². The van der Waals surface area contributed by atoms with Gasteiger partial charge in [-0.2, -0.15) is 0 Å². The van der Waals surface area contributed by atoms with Crippen LogP contribution in [0.4, 0.5) is 0 Å². The normalized spacial score (nSPS) is 11.2. The van der Waals surface area contributed by atoms with Crippen LogP contribution in [-0.2, 0) is 6.54 Å². The summed E-state index contributed by atoms with van der Waals surface area (Å²) in [6.45, 7) is 0.337. The average molecular weight is 479 g/mol. The largest absolute Gasteiger partial charge is 0.464 e. The number of furan rings is 1. The zero-order valence-electron chi connectivity index (χ0n) is 18.5. The predicted octanol–water partition coefficient (Wildman–Crippen LogP) is 6.19. The maximum absolute atomic E-state index is 13.3. The lowest BCUT2D eigenvalue weighted by Gasteiger charge is -2.10. The summed E-state index contributed by atoms with van der Waals surface area (Å²) in [5.74, 6) is 0.801. The molecule has 3 heterocycles. The minimum atomic E-state index is -0.248. The molecule has 0 radical (unpaired) electrons. The maximum Gasteiger partial charge on any atom is 0.351 e. The summed E-state index contributed by atoms with van der Waals surface area (Å²) >= 11 is 6.10. The van der Waals surface area contributed by atoms with Crippen molar-refractivity contribution < 1.29 is 4.42 Å². The fourth-order valence-corrected chi connectivity index (χ4v) is 4.30. The Balaban J connectivity index is 1.46. The van der Waals surface area contributed by atoms with Gasteiger partial charge < -0.3 is 4.42 Å². The molecule has 170 valence electrons. The van der Waals surface area contributed by atoms with E-state index in [0.29, 0.717) is 17.2 Å². The van der Waals surface area contributed by atoms with Crippen LogP contribution in [0.15, 0.2) is 113 Å². The standard InChI is InChI=1S/C28H19ClN4O2/c29-23-14-12-22(13-15-23)26-25(21-5-2-1-3-6-21)27-31-33(28(34)32(27)18-30-26)17-19-8-10-20(11-9-19)24-7-4-16-35-24/h1-16,18H,17H2. The summed E-state index contributed by atoms with van der Waals surface area (Å²) in [5.41, 5.74) is 5.58. The first-order valence-electron chi connectivity index (χ1n) is 11.1. The van der Waals surface area contributed by atoms with E-state index < -0.39 is 0 Å². The van der Waals surface area contributed by atoms with Crippen LogP contribution < -0.4 is 5.69 Å². The lowest BCUT2D eigenvalue weighted by atomic mass is 10.0. The van der Waals surface area contributed by atoms with Crippen LogP contribution in [0.1, 0.15) is 5.56 Å². The third-order valence-corrected chi connectivity index (χ3v) is 6.16. The van der Waals surface area contributed by atoms with Gasteiger partial charge in [0.05, 0.1) is 24.1 Å². The second-order valence-corrected chi connectivity index (χ2v) is 8.59. The Labute approximate surface area is 205 Å². The molecule has 0 bridgehead atoms. The number of fused-ring (bicyclic) bond motifs is 1. The van der Waals surface area contributed by atoms with Gasteiger partial charge in [-0.05, 0) is 35.4 Å². The molecule has 0 saturated heterocycles. The Morgan fingerprint density at radius 3 is 2.26 bits per heavy atom. The molecule has 6 nitrogen and oxygen atoms in total. The Morgan fingerprint density at radius 2 is 1.54 bits per heavy atom. The number of benzene rings is 3. The SMILES string of the molecule is O=c1n(Cc2ccc(-c3ccco3)cc2)nc2c(-c3ccccc3)c(-c3ccc(Cl)cc3)ncn12. The van der Waals surface area contributed by atoms with Crippen molar-refractivity contribution in [2.75, 3.05) is 0 Å². The molecule has 0 unspecified atom stereocenters. The highest BCUT2D eigenvalue weighted by molar-refractivity contribution is 6.30. The van der Waals surface area contributed by atoms with Gasteiger partial charge in [0.15, 0.2) is 5.65 Å². The Kier molecular flexibility index (Phi) is 5.28. The lowest BCUT2D eigenvalue weighted by Crippen LogP contribution is -2.21. The topological polar surface area (TPSA) is 65.3 Å². The molecule has 35 heavy (non-hydrogen) atoms. The van der Waals surface area contributed by atoms with Crippen molar-refractivity contribution in [2.24, 2.45) is 0 Å². The van der Waals surface area contributed by atoms with Crippen LogP contribution in [0.5, 0.6) is 0 Å². The first kappa shape index (κ1) is 21.1. The summed E-state index contributed by atoms with van der Waals surface area (Å²) in [7, 11) is 0. The van der Waals surface area contributed by atoms with Crippen molar-refractivity contribution in [1.29, 1.82) is 0 Å². The molecule has 0 fully saturated rings. The second-order valence-electron chi connectivity index (χ2n) is 8.15. The van der Waals surface area contributed by atoms with E-state index in [9.17, 15) is 4.79 Å². The molecule has 0 spiro atoms. The monoisotopic (exact) mass is 478 g/mol. The summed E-state index contributed by atoms with van der Waals surface area (Å²) in [6, 6.07) is 29.0. The smallest absolute Gasteiger partial charge is 0.351 e. The Hall–Kier alpha value is -4.42. The molecule has 0 amide bonds. The van der Waals surface area contributed by atoms with Gasteiger partial charge in [-0.25, -0.2) is 18.9 Å². The van der Waals surface area contributed by atoms with Gasteiger partial charge in [0.2, 0.25) is 0 Å². The van der Waals surface area contributed by atoms with E-state index in [1.54, 1.807) is 6.26 Å². The molecule has 6 rings (SSSR count). The third kappa shape index (κ3) is 3.94. The van der Waals surface area contributed by atoms with Crippen LogP contribution in [0.25, 0.3) is 39.4 Å². The quantitative estimate of drug-likeness (QED) is 0.296. The van der Waals surface area contributed by atoms with Crippen molar-refractivity contribution in [3.8, 4) is 33.7 Å². The molecule has 3 aromatic carbocycles. The van der Waals surface area contributed by atoms with E-state index in [1.807, 2.05) is 91.0 Å². The maximum atomic E-state index is 13.3. The zero-order valence-corrected chi connectivity index (χ0v) is 19.3. The van der Waals surface area contributed by atoms with Gasteiger partial charge in [0.1, 0.15) is 12.1 Å². The number of halogens is 1. The number of aromatic nitrogens is 4. The van der Waals surface area contributed by atoms with E-state index in [-0.39, 0.29) is 5.69 Å². The summed E-state index contributed by atoms with van der Waals surface area (Å²) in [5, 5.41) is 5.39.